The molecule has 12 heteroatoms. The number of benzene rings is 1. The van der Waals surface area contributed by atoms with Crippen LogP contribution in [0.15, 0.2) is 29.6 Å². The molecule has 5 rings (SSSR count). The van der Waals surface area contributed by atoms with Crippen molar-refractivity contribution in [3.8, 4) is 22.9 Å². The van der Waals surface area contributed by atoms with Gasteiger partial charge >= 0.3 is 11.9 Å². The quantitative estimate of drug-likeness (QED) is 0.235. The predicted molar refractivity (Wildman–Crippen MR) is 181 cm³/mol. The van der Waals surface area contributed by atoms with Crippen LogP contribution < -0.4 is 14.8 Å². The third-order valence-electron chi connectivity index (χ3n) is 8.79. The molecule has 1 aromatic carbocycles. The van der Waals surface area contributed by atoms with Crippen molar-refractivity contribution in [1.29, 1.82) is 0 Å². The van der Waals surface area contributed by atoms with E-state index >= 15 is 0 Å². The summed E-state index contributed by atoms with van der Waals surface area (Å²) in [5, 5.41) is 6.81. The number of hydrogen-bond donors (Lipinski definition) is 1. The minimum Gasteiger partial charge on any atom is -0.497 e. The fourth-order valence-corrected chi connectivity index (χ4v) is 7.12. The van der Waals surface area contributed by atoms with Gasteiger partial charge in [-0.15, -0.1) is 11.3 Å². The van der Waals surface area contributed by atoms with E-state index in [4.69, 9.17) is 28.9 Å². The number of ether oxygens (including phenoxy) is 4. The first-order chi connectivity index (χ1) is 22.4. The summed E-state index contributed by atoms with van der Waals surface area (Å²) in [4.78, 5) is 51.4. The van der Waals surface area contributed by atoms with Crippen molar-refractivity contribution in [1.82, 2.24) is 14.9 Å². The van der Waals surface area contributed by atoms with Gasteiger partial charge in [0.25, 0.3) is 0 Å². The molecule has 1 aliphatic carbocycles. The monoisotopic (exact) mass is 666 g/mol. The molecule has 47 heavy (non-hydrogen) atoms. The van der Waals surface area contributed by atoms with Crippen molar-refractivity contribution in [2.75, 3.05) is 26.1 Å². The molecule has 0 spiro atoms. The van der Waals surface area contributed by atoms with E-state index in [1.165, 1.54) is 23.3 Å². The number of rotatable bonds is 11. The minimum absolute atomic E-state index is 0.0593. The highest BCUT2D eigenvalue weighted by molar-refractivity contribution is 7.14. The molecule has 1 saturated heterocycles. The number of esters is 2. The molecular weight excluding hydrogens is 620 g/mol. The van der Waals surface area contributed by atoms with Gasteiger partial charge in [-0.05, 0) is 57.1 Å². The summed E-state index contributed by atoms with van der Waals surface area (Å²) >= 11 is 1.50. The Kier molecular flexibility index (Phi) is 10.6. The Morgan fingerprint density at radius 3 is 2.45 bits per heavy atom. The number of aromatic nitrogens is 2. The zero-order valence-corrected chi connectivity index (χ0v) is 29.1. The molecule has 254 valence electrons. The molecule has 2 fully saturated rings. The van der Waals surface area contributed by atoms with Crippen LogP contribution in [-0.4, -0.2) is 77.8 Å². The number of pyridine rings is 1. The van der Waals surface area contributed by atoms with Gasteiger partial charge in [-0.25, -0.2) is 14.8 Å². The molecule has 1 amide bonds. The molecule has 0 unspecified atom stereocenters. The number of nitrogens with zero attached hydrogens (tertiary/aromatic N) is 3. The largest absolute Gasteiger partial charge is 0.497 e. The number of anilines is 1. The topological polar surface area (TPSA) is 129 Å². The molecule has 3 atom stereocenters. The Balaban J connectivity index is 1.42. The average molecular weight is 667 g/mol. The maximum atomic E-state index is 14.2. The van der Waals surface area contributed by atoms with Gasteiger partial charge in [0, 0.05) is 35.4 Å². The lowest BCUT2D eigenvalue weighted by Gasteiger charge is -2.34. The van der Waals surface area contributed by atoms with E-state index in [0.717, 1.165) is 36.2 Å². The standard InChI is InChI=1S/C35H46N4O7S/c1-20(2)36-34-38-28(19-47-34)27-17-30(24-13-12-22(43-6)14-26(24)37-27)45-23-15-29(33(42)44-7)39(18-23)32(41)25(35(3,4)5)16-31(40)46-21-10-8-9-11-21/h12-14,17,19-21,23,25,29H,8-11,15-16,18H2,1-7H3,(H,36,38)/t23-,25-,29+/m1/s1. The first-order valence-electron chi connectivity index (χ1n) is 16.3. The summed E-state index contributed by atoms with van der Waals surface area (Å²) in [5.74, 6) is -0.692. The normalized spacial score (nSPS) is 19.2. The summed E-state index contributed by atoms with van der Waals surface area (Å²) < 4.78 is 22.9. The van der Waals surface area contributed by atoms with Gasteiger partial charge < -0.3 is 29.2 Å². The van der Waals surface area contributed by atoms with E-state index in [2.05, 4.69) is 19.2 Å². The molecule has 1 saturated carbocycles. The second-order valence-corrected chi connectivity index (χ2v) is 14.6. The predicted octanol–water partition coefficient (Wildman–Crippen LogP) is 6.25. The lowest BCUT2D eigenvalue weighted by Crippen LogP contribution is -2.47. The zero-order valence-electron chi connectivity index (χ0n) is 28.3. The van der Waals surface area contributed by atoms with Crippen LogP contribution in [0.3, 0.4) is 0 Å². The number of methoxy groups -OCH3 is 2. The molecule has 3 heterocycles. The van der Waals surface area contributed by atoms with Crippen molar-refractivity contribution in [3.63, 3.8) is 0 Å². The van der Waals surface area contributed by atoms with Crippen LogP contribution in [0, 0.1) is 11.3 Å². The summed E-state index contributed by atoms with van der Waals surface area (Å²) in [5.41, 5.74) is 1.42. The highest BCUT2D eigenvalue weighted by Gasteiger charge is 2.46. The van der Waals surface area contributed by atoms with E-state index < -0.39 is 29.4 Å². The molecule has 1 N–H and O–H groups in total. The lowest BCUT2D eigenvalue weighted by atomic mass is 9.77. The second-order valence-electron chi connectivity index (χ2n) is 13.7. The number of likely N-dealkylation sites (tertiary alicyclic amines) is 1. The molecule has 1 aliphatic heterocycles. The van der Waals surface area contributed by atoms with Crippen molar-refractivity contribution in [2.45, 2.75) is 97.4 Å². The Hall–Kier alpha value is -3.93. The lowest BCUT2D eigenvalue weighted by molar-refractivity contribution is -0.158. The van der Waals surface area contributed by atoms with E-state index in [1.54, 1.807) is 7.11 Å². The third kappa shape index (κ3) is 8.14. The highest BCUT2D eigenvalue weighted by atomic mass is 32.1. The first kappa shape index (κ1) is 34.4. The highest BCUT2D eigenvalue weighted by Crippen LogP contribution is 2.38. The second kappa shape index (κ2) is 14.5. The van der Waals surface area contributed by atoms with E-state index in [1.807, 2.05) is 50.4 Å². The van der Waals surface area contributed by atoms with Crippen LogP contribution >= 0.6 is 11.3 Å². The van der Waals surface area contributed by atoms with Gasteiger partial charge in [0.1, 0.15) is 35.4 Å². The van der Waals surface area contributed by atoms with Gasteiger partial charge in [-0.1, -0.05) is 20.8 Å². The number of amides is 1. The Bertz CT molecular complexity index is 1590. The Morgan fingerprint density at radius 2 is 1.79 bits per heavy atom. The van der Waals surface area contributed by atoms with Crippen molar-refractivity contribution < 1.29 is 33.3 Å². The van der Waals surface area contributed by atoms with Crippen LogP contribution in [0.1, 0.15) is 73.1 Å². The summed E-state index contributed by atoms with van der Waals surface area (Å²) in [7, 11) is 2.91. The number of fused-ring (bicyclic) bond motifs is 1. The van der Waals surface area contributed by atoms with Crippen LogP contribution in [-0.2, 0) is 23.9 Å². The number of thiazole rings is 1. The van der Waals surface area contributed by atoms with Gasteiger partial charge in [-0.2, -0.15) is 0 Å². The van der Waals surface area contributed by atoms with Gasteiger partial charge in [0.15, 0.2) is 5.13 Å². The van der Waals surface area contributed by atoms with Gasteiger partial charge in [-0.3, -0.25) is 9.59 Å². The Labute approximate surface area is 280 Å². The molecular formula is C35H46N4O7S. The van der Waals surface area contributed by atoms with Gasteiger partial charge in [0.05, 0.1) is 44.3 Å². The minimum atomic E-state index is -0.857. The zero-order chi connectivity index (χ0) is 33.9. The van der Waals surface area contributed by atoms with Crippen molar-refractivity contribution >= 4 is 45.2 Å². The van der Waals surface area contributed by atoms with Crippen LogP contribution in [0.2, 0.25) is 0 Å². The molecule has 2 aliphatic rings. The van der Waals surface area contributed by atoms with Crippen LogP contribution in [0.4, 0.5) is 5.13 Å². The van der Waals surface area contributed by atoms with Crippen molar-refractivity contribution in [2.24, 2.45) is 11.3 Å². The summed E-state index contributed by atoms with van der Waals surface area (Å²) in [6.45, 7) is 10.0. The van der Waals surface area contributed by atoms with Crippen LogP contribution in [0.5, 0.6) is 11.5 Å². The fourth-order valence-electron chi connectivity index (χ4n) is 6.27. The number of carbonyl (C=O) groups excluding carboxylic acids is 3. The molecule has 0 bridgehead atoms. The Morgan fingerprint density at radius 1 is 1.04 bits per heavy atom. The van der Waals surface area contributed by atoms with E-state index in [-0.39, 0.29) is 43.4 Å². The third-order valence-corrected chi connectivity index (χ3v) is 9.56. The summed E-state index contributed by atoms with van der Waals surface area (Å²) in [6, 6.07) is 6.78. The fraction of sp³-hybridized carbons (Fsp3) is 0.571. The maximum Gasteiger partial charge on any atom is 0.328 e. The molecule has 0 radical (unpaired) electrons. The molecule has 11 nitrogen and oxygen atoms in total. The molecule has 3 aromatic rings. The SMILES string of the molecule is COC(=O)[C@@H]1C[C@@H](Oc2cc(-c3csc(NC(C)C)n3)nc3cc(OC)ccc23)CN1C(=O)[C@@H](CC(=O)OC1CCCC1)C(C)(C)C. The summed E-state index contributed by atoms with van der Waals surface area (Å²) in [6.07, 6.45) is 3.34. The smallest absolute Gasteiger partial charge is 0.328 e. The van der Waals surface area contributed by atoms with Crippen LogP contribution in [0.25, 0.3) is 22.3 Å². The number of nitrogens with one attached hydrogen (secondary N) is 1. The number of hydrogen-bond acceptors (Lipinski definition) is 11. The van der Waals surface area contributed by atoms with E-state index in [0.29, 0.717) is 28.4 Å². The van der Waals surface area contributed by atoms with Crippen molar-refractivity contribution in [3.05, 3.63) is 29.6 Å². The van der Waals surface area contributed by atoms with E-state index in [9.17, 15) is 14.4 Å². The first-order valence-corrected chi connectivity index (χ1v) is 17.2. The maximum absolute atomic E-state index is 14.2. The molecule has 2 aromatic heterocycles. The van der Waals surface area contributed by atoms with Gasteiger partial charge in [0.2, 0.25) is 5.91 Å². The average Bonchev–Trinajstić information content (AvgIpc) is 3.80. The number of carbonyl (C=O) groups is 3.